The van der Waals surface area contributed by atoms with E-state index in [9.17, 15) is 0 Å². The second kappa shape index (κ2) is 10.9. The van der Waals surface area contributed by atoms with Crippen molar-refractivity contribution in [3.8, 4) is 44.5 Å². The second-order valence-electron chi connectivity index (χ2n) is 8.43. The molecule has 5 aromatic rings. The molecular formula is C32H28NNa. The quantitative estimate of drug-likeness (QED) is 0.319. The standard InChI is InChI=1S/C32H27N.Na.H/c1-33(2)29-23-28(24-15-7-3-8-16-24)30(25-17-9-4-10-18-25)32(27-21-13-6-14-22-27)31(29)26-19-11-5-12-20-26;;/h3-23H,1-2H3;;/q;+1;-1. The molecule has 0 bridgehead atoms. The van der Waals surface area contributed by atoms with Gasteiger partial charge in [0.15, 0.2) is 0 Å². The summed E-state index contributed by atoms with van der Waals surface area (Å²) in [6.45, 7) is 0. The molecule has 0 aromatic heterocycles. The van der Waals surface area contributed by atoms with Crippen LogP contribution in [0.3, 0.4) is 0 Å². The second-order valence-corrected chi connectivity index (χ2v) is 8.43. The van der Waals surface area contributed by atoms with Crippen LogP contribution in [0, 0.1) is 0 Å². The number of hydrogen-bond donors (Lipinski definition) is 0. The van der Waals surface area contributed by atoms with E-state index in [1.807, 2.05) is 0 Å². The van der Waals surface area contributed by atoms with E-state index in [0.29, 0.717) is 0 Å². The molecule has 5 aromatic carbocycles. The summed E-state index contributed by atoms with van der Waals surface area (Å²) in [7, 11) is 4.26. The maximum atomic E-state index is 2.35. The molecule has 0 spiro atoms. The van der Waals surface area contributed by atoms with Crippen molar-refractivity contribution in [3.63, 3.8) is 0 Å². The van der Waals surface area contributed by atoms with E-state index in [1.165, 1.54) is 50.2 Å². The van der Waals surface area contributed by atoms with Crippen LogP contribution in [-0.4, -0.2) is 14.1 Å². The van der Waals surface area contributed by atoms with Gasteiger partial charge in [0.05, 0.1) is 0 Å². The zero-order valence-corrected chi connectivity index (χ0v) is 22.1. The summed E-state index contributed by atoms with van der Waals surface area (Å²) >= 11 is 0. The Bertz CT molecular complexity index is 1350. The first kappa shape index (κ1) is 24.0. The van der Waals surface area contributed by atoms with E-state index in [1.54, 1.807) is 0 Å². The largest absolute Gasteiger partial charge is 1.00 e. The maximum Gasteiger partial charge on any atom is 1.00 e. The fraction of sp³-hybridized carbons (Fsp3) is 0.0625. The smallest absolute Gasteiger partial charge is 1.00 e. The molecule has 0 heterocycles. The molecule has 1 nitrogen and oxygen atoms in total. The molecule has 162 valence electrons. The summed E-state index contributed by atoms with van der Waals surface area (Å²) in [5, 5.41) is 0. The van der Waals surface area contributed by atoms with Crippen LogP contribution in [0.5, 0.6) is 0 Å². The zero-order chi connectivity index (χ0) is 22.6. The minimum Gasteiger partial charge on any atom is -1.00 e. The summed E-state index contributed by atoms with van der Waals surface area (Å²) in [4.78, 5) is 2.23. The fourth-order valence-electron chi connectivity index (χ4n) is 4.56. The van der Waals surface area contributed by atoms with Crippen molar-refractivity contribution in [2.45, 2.75) is 0 Å². The molecule has 0 unspecified atom stereocenters. The fourth-order valence-corrected chi connectivity index (χ4v) is 4.56. The normalized spacial score (nSPS) is 10.4. The van der Waals surface area contributed by atoms with Crippen LogP contribution < -0.4 is 34.5 Å². The van der Waals surface area contributed by atoms with E-state index in [-0.39, 0.29) is 31.0 Å². The Morgan fingerprint density at radius 2 is 0.794 bits per heavy atom. The third kappa shape index (κ3) is 4.74. The van der Waals surface area contributed by atoms with Crippen molar-refractivity contribution in [2.24, 2.45) is 0 Å². The molecule has 5 rings (SSSR count). The molecule has 0 aliphatic heterocycles. The number of anilines is 1. The molecule has 0 saturated carbocycles. The topological polar surface area (TPSA) is 3.24 Å². The molecule has 0 amide bonds. The van der Waals surface area contributed by atoms with Gasteiger partial charge >= 0.3 is 29.6 Å². The summed E-state index contributed by atoms with van der Waals surface area (Å²) in [5.41, 5.74) is 11.1. The molecule has 0 saturated heterocycles. The summed E-state index contributed by atoms with van der Waals surface area (Å²) in [5.74, 6) is 0. The van der Waals surface area contributed by atoms with Crippen molar-refractivity contribution in [2.75, 3.05) is 19.0 Å². The summed E-state index contributed by atoms with van der Waals surface area (Å²) < 4.78 is 0. The molecule has 2 heteroatoms. The summed E-state index contributed by atoms with van der Waals surface area (Å²) in [6, 6.07) is 45.4. The Labute approximate surface area is 226 Å². The van der Waals surface area contributed by atoms with Gasteiger partial charge in [-0.05, 0) is 39.4 Å². The van der Waals surface area contributed by atoms with Crippen molar-refractivity contribution >= 4 is 5.69 Å². The van der Waals surface area contributed by atoms with Gasteiger partial charge < -0.3 is 6.33 Å². The van der Waals surface area contributed by atoms with E-state index in [2.05, 4.69) is 146 Å². The zero-order valence-electron chi connectivity index (χ0n) is 21.1. The third-order valence-electron chi connectivity index (χ3n) is 6.06. The number of nitrogens with zero attached hydrogens (tertiary/aromatic N) is 1. The van der Waals surface area contributed by atoms with Crippen LogP contribution in [0.25, 0.3) is 44.5 Å². The maximum absolute atomic E-state index is 2.35. The molecule has 0 N–H and O–H groups in total. The van der Waals surface area contributed by atoms with Gasteiger partial charge in [0.2, 0.25) is 0 Å². The van der Waals surface area contributed by atoms with Crippen LogP contribution in [0.1, 0.15) is 1.43 Å². The average Bonchev–Trinajstić information content (AvgIpc) is 2.89. The molecule has 0 aliphatic carbocycles. The Hall–Kier alpha value is -3.10. The van der Waals surface area contributed by atoms with Crippen LogP contribution in [0.2, 0.25) is 0 Å². The Balaban J connectivity index is 0.00000171. The van der Waals surface area contributed by atoms with E-state index < -0.39 is 0 Å². The van der Waals surface area contributed by atoms with Gasteiger partial charge in [-0.3, -0.25) is 0 Å². The number of rotatable bonds is 5. The predicted molar refractivity (Wildman–Crippen MR) is 144 cm³/mol. The minimum absolute atomic E-state index is 0. The molecule has 0 fully saturated rings. The first-order chi connectivity index (χ1) is 16.2. The van der Waals surface area contributed by atoms with Crippen molar-refractivity contribution in [1.29, 1.82) is 0 Å². The minimum atomic E-state index is 0. The van der Waals surface area contributed by atoms with Gasteiger partial charge in [0.25, 0.3) is 0 Å². The first-order valence-corrected chi connectivity index (χ1v) is 11.3. The van der Waals surface area contributed by atoms with E-state index in [4.69, 9.17) is 0 Å². The number of hydrogen-bond acceptors (Lipinski definition) is 1. The van der Waals surface area contributed by atoms with Crippen LogP contribution in [-0.2, 0) is 0 Å². The molecule has 0 aliphatic rings. The predicted octanol–water partition coefficient (Wildman–Crippen LogP) is 5.54. The van der Waals surface area contributed by atoms with E-state index in [0.717, 1.165) is 0 Å². The molecule has 34 heavy (non-hydrogen) atoms. The van der Waals surface area contributed by atoms with Gasteiger partial charge in [-0.2, -0.15) is 0 Å². The Morgan fingerprint density at radius 1 is 0.441 bits per heavy atom. The van der Waals surface area contributed by atoms with Gasteiger partial charge in [0.1, 0.15) is 0 Å². The van der Waals surface area contributed by atoms with Crippen LogP contribution in [0.15, 0.2) is 127 Å². The average molecular weight is 450 g/mol. The van der Waals surface area contributed by atoms with E-state index >= 15 is 0 Å². The SMILES string of the molecule is CN(C)c1cc(-c2ccccc2)c(-c2ccccc2)c(-c2ccccc2)c1-c1ccccc1.[H-].[Na+]. The van der Waals surface area contributed by atoms with Crippen molar-refractivity contribution in [1.82, 2.24) is 0 Å². The van der Waals surface area contributed by atoms with Gasteiger partial charge in [-0.15, -0.1) is 0 Å². The van der Waals surface area contributed by atoms with Crippen LogP contribution in [0.4, 0.5) is 5.69 Å². The first-order valence-electron chi connectivity index (χ1n) is 11.3. The third-order valence-corrected chi connectivity index (χ3v) is 6.06. The van der Waals surface area contributed by atoms with Gasteiger partial charge in [0, 0.05) is 30.9 Å². The van der Waals surface area contributed by atoms with Crippen molar-refractivity contribution in [3.05, 3.63) is 127 Å². The Morgan fingerprint density at radius 3 is 1.21 bits per heavy atom. The number of benzene rings is 5. The van der Waals surface area contributed by atoms with Crippen LogP contribution >= 0.6 is 0 Å². The summed E-state index contributed by atoms with van der Waals surface area (Å²) in [6.07, 6.45) is 0. The molecule has 0 atom stereocenters. The molecule has 0 radical (unpaired) electrons. The molecular weight excluding hydrogens is 421 g/mol. The van der Waals surface area contributed by atoms with Crippen molar-refractivity contribution < 1.29 is 31.0 Å². The van der Waals surface area contributed by atoms with Gasteiger partial charge in [-0.1, -0.05) is 121 Å². The van der Waals surface area contributed by atoms with Gasteiger partial charge in [-0.25, -0.2) is 0 Å². The monoisotopic (exact) mass is 449 g/mol. The Kier molecular flexibility index (Phi) is 7.70.